The third kappa shape index (κ3) is 34.0. The molecule has 0 heterocycles. The average molecular weight is 395 g/mol. The molecule has 0 unspecified atom stereocenters. The van der Waals surface area contributed by atoms with Gasteiger partial charge in [0.2, 0.25) is 0 Å². The summed E-state index contributed by atoms with van der Waals surface area (Å²) in [6.45, 7) is 5.75. The second-order valence-corrected chi connectivity index (χ2v) is 6.32. The molecule has 0 bridgehead atoms. The number of ether oxygens (including phenoxy) is 2. The standard InChI is InChI=1S/2C7H14OS2.Ca/c2*1-2-3-4-5-6-8-7(9)10;/h2*2-6H2,1H3,(H,9,10);/q;;+2/p-2. The zero-order chi connectivity index (χ0) is 15.6. The first kappa shape index (κ1) is 27.3. The molecule has 0 atom stereocenters. The van der Waals surface area contributed by atoms with E-state index in [9.17, 15) is 0 Å². The molecule has 0 radical (unpaired) electrons. The normalized spacial score (nSPS) is 8.86. The minimum atomic E-state index is 0. The van der Waals surface area contributed by atoms with E-state index in [0.717, 1.165) is 12.8 Å². The van der Waals surface area contributed by atoms with Crippen LogP contribution in [0.15, 0.2) is 0 Å². The van der Waals surface area contributed by atoms with Crippen molar-refractivity contribution in [2.24, 2.45) is 0 Å². The Hall–Kier alpha value is 1.48. The van der Waals surface area contributed by atoms with Crippen LogP contribution in [-0.4, -0.2) is 59.7 Å². The van der Waals surface area contributed by atoms with Gasteiger partial charge in [-0.2, -0.15) is 0 Å². The Morgan fingerprint density at radius 1 is 0.714 bits per heavy atom. The summed E-state index contributed by atoms with van der Waals surface area (Å²) < 4.78 is 10.4. The number of thiocarbonyl (C=S) groups is 2. The molecule has 0 N–H and O–H groups in total. The molecule has 2 nitrogen and oxygen atoms in total. The van der Waals surface area contributed by atoms with Crippen molar-refractivity contribution in [1.29, 1.82) is 0 Å². The first-order valence-corrected chi connectivity index (χ1v) is 8.85. The number of rotatable bonds is 10. The SMILES string of the molecule is CCCCCCOC(=S)[S-].CCCCCCOC(=S)[S-].[Ca+2]. The Kier molecular flexibility index (Phi) is 30.9. The van der Waals surface area contributed by atoms with Crippen LogP contribution in [0.25, 0.3) is 0 Å². The predicted octanol–water partition coefficient (Wildman–Crippen LogP) is 4.45. The van der Waals surface area contributed by atoms with Gasteiger partial charge in [-0.25, -0.2) is 0 Å². The van der Waals surface area contributed by atoms with Gasteiger partial charge in [-0.1, -0.05) is 52.4 Å². The fraction of sp³-hybridized carbons (Fsp3) is 0.857. The quantitative estimate of drug-likeness (QED) is 0.234. The van der Waals surface area contributed by atoms with Gasteiger partial charge in [0.1, 0.15) is 0 Å². The van der Waals surface area contributed by atoms with Crippen molar-refractivity contribution < 1.29 is 9.47 Å². The van der Waals surface area contributed by atoms with Gasteiger partial charge in [0.25, 0.3) is 0 Å². The molecule has 0 aromatic heterocycles. The van der Waals surface area contributed by atoms with Gasteiger partial charge in [0.05, 0.1) is 13.2 Å². The van der Waals surface area contributed by atoms with E-state index in [1.807, 2.05) is 0 Å². The zero-order valence-corrected chi connectivity index (χ0v) is 18.7. The van der Waals surface area contributed by atoms with Crippen LogP contribution >= 0.6 is 24.4 Å². The number of unbranched alkanes of at least 4 members (excludes halogenated alkanes) is 6. The monoisotopic (exact) mass is 394 g/mol. The van der Waals surface area contributed by atoms with Crippen LogP contribution in [0.1, 0.15) is 65.2 Å². The number of hydrogen-bond acceptors (Lipinski definition) is 6. The molecule has 0 aromatic rings. The molecule has 120 valence electrons. The van der Waals surface area contributed by atoms with Gasteiger partial charge in [0.15, 0.2) is 0 Å². The van der Waals surface area contributed by atoms with Crippen molar-refractivity contribution in [1.82, 2.24) is 0 Å². The van der Waals surface area contributed by atoms with Crippen LogP contribution < -0.4 is 0 Å². The number of hydrogen-bond donors (Lipinski definition) is 0. The maximum absolute atomic E-state index is 4.93. The minimum Gasteiger partial charge on any atom is -0.514 e. The Bertz CT molecular complexity index is 217. The average Bonchev–Trinajstić information content (AvgIpc) is 2.38. The zero-order valence-electron chi connectivity index (χ0n) is 13.2. The summed E-state index contributed by atoms with van der Waals surface area (Å²) in [5.41, 5.74) is 0. The maximum Gasteiger partial charge on any atom is 2.00 e. The van der Waals surface area contributed by atoms with Crippen molar-refractivity contribution in [2.75, 3.05) is 13.2 Å². The molecule has 0 fully saturated rings. The summed E-state index contributed by atoms with van der Waals surface area (Å²) in [6.07, 6.45) is 9.62. The molecule has 7 heteroatoms. The van der Waals surface area contributed by atoms with Crippen molar-refractivity contribution in [2.45, 2.75) is 65.2 Å². The Morgan fingerprint density at radius 3 is 1.29 bits per heavy atom. The summed E-state index contributed by atoms with van der Waals surface area (Å²) in [6, 6.07) is 0. The molecule has 0 rings (SSSR count). The van der Waals surface area contributed by atoms with Crippen molar-refractivity contribution in [3.05, 3.63) is 0 Å². The fourth-order valence-corrected chi connectivity index (χ4v) is 1.70. The molecule has 0 saturated heterocycles. The molecule has 21 heavy (non-hydrogen) atoms. The van der Waals surface area contributed by atoms with Gasteiger partial charge in [0, 0.05) is 8.77 Å². The summed E-state index contributed by atoms with van der Waals surface area (Å²) in [5, 5.41) is 0. The van der Waals surface area contributed by atoms with Crippen LogP contribution in [0, 0.1) is 0 Å². The van der Waals surface area contributed by atoms with Crippen molar-refractivity contribution >= 4 is 96.2 Å². The van der Waals surface area contributed by atoms with E-state index < -0.39 is 0 Å². The van der Waals surface area contributed by atoms with Crippen LogP contribution in [0.4, 0.5) is 0 Å². The third-order valence-electron chi connectivity index (χ3n) is 2.44. The largest absolute Gasteiger partial charge is 2.00 e. The summed E-state index contributed by atoms with van der Waals surface area (Å²) in [5.74, 6) is 0. The van der Waals surface area contributed by atoms with E-state index in [0.29, 0.717) is 13.2 Å². The minimum absolute atomic E-state index is 0. The van der Waals surface area contributed by atoms with Gasteiger partial charge in [-0.05, 0) is 12.8 Å². The van der Waals surface area contributed by atoms with Gasteiger partial charge >= 0.3 is 37.7 Å². The first-order chi connectivity index (χ1) is 9.54. The van der Waals surface area contributed by atoms with E-state index in [4.69, 9.17) is 9.47 Å². The van der Waals surface area contributed by atoms with Gasteiger partial charge in [-0.15, -0.1) is 0 Å². The molecule has 0 aliphatic rings. The molecule has 0 amide bonds. The maximum atomic E-state index is 4.93. The van der Waals surface area contributed by atoms with Crippen LogP contribution in [0.5, 0.6) is 0 Å². The molecular formula is C14H26CaO2S4. The molecule has 0 aliphatic heterocycles. The molecule has 0 spiro atoms. The Morgan fingerprint density at radius 2 is 1.05 bits per heavy atom. The van der Waals surface area contributed by atoms with E-state index in [1.54, 1.807) is 0 Å². The molecule has 0 aromatic carbocycles. The Balaban J connectivity index is -0.000000295. The van der Waals surface area contributed by atoms with Crippen LogP contribution in [0.3, 0.4) is 0 Å². The van der Waals surface area contributed by atoms with Crippen LogP contribution in [-0.2, 0) is 34.7 Å². The van der Waals surface area contributed by atoms with Crippen LogP contribution in [0.2, 0.25) is 0 Å². The van der Waals surface area contributed by atoms with E-state index in [2.05, 4.69) is 63.5 Å². The fourth-order valence-electron chi connectivity index (χ4n) is 1.37. The topological polar surface area (TPSA) is 18.5 Å². The smallest absolute Gasteiger partial charge is 0.514 e. The van der Waals surface area contributed by atoms with Crippen molar-refractivity contribution in [3.63, 3.8) is 0 Å². The molecule has 0 aliphatic carbocycles. The van der Waals surface area contributed by atoms with E-state index >= 15 is 0 Å². The predicted molar refractivity (Wildman–Crippen MR) is 106 cm³/mol. The summed E-state index contributed by atoms with van der Waals surface area (Å²) >= 11 is 18.3. The summed E-state index contributed by atoms with van der Waals surface area (Å²) in [7, 11) is 0. The molecular weight excluding hydrogens is 368 g/mol. The van der Waals surface area contributed by atoms with Gasteiger partial charge in [-0.3, -0.25) is 0 Å². The van der Waals surface area contributed by atoms with Crippen molar-refractivity contribution in [3.8, 4) is 0 Å². The second kappa shape index (κ2) is 23.7. The summed E-state index contributed by atoms with van der Waals surface area (Å²) in [4.78, 5) is 0. The first-order valence-electron chi connectivity index (χ1n) is 7.22. The van der Waals surface area contributed by atoms with E-state index in [1.165, 1.54) is 38.5 Å². The second-order valence-electron chi connectivity index (χ2n) is 4.32. The Labute approximate surface area is 182 Å². The third-order valence-corrected chi connectivity index (χ3v) is 2.91. The van der Waals surface area contributed by atoms with E-state index in [-0.39, 0.29) is 46.5 Å². The molecule has 0 saturated carbocycles. The van der Waals surface area contributed by atoms with Gasteiger partial charge < -0.3 is 59.2 Å².